The van der Waals surface area contributed by atoms with Gasteiger partial charge in [0.25, 0.3) is 0 Å². The molecular weight excluding hydrogens is 1010 g/mol. The minimum atomic E-state index is -1.19. The van der Waals surface area contributed by atoms with Crippen molar-refractivity contribution in [1.29, 1.82) is 0 Å². The summed E-state index contributed by atoms with van der Waals surface area (Å²) >= 11 is 0. The number of carboxylic acid groups (broad SMARTS) is 4. The minimum absolute atomic E-state index is 0. The molecule has 0 rings (SSSR count). The van der Waals surface area contributed by atoms with Crippen LogP contribution >= 0.6 is 0 Å². The van der Waals surface area contributed by atoms with Gasteiger partial charge in [-0.15, -0.1) is 0 Å². The van der Waals surface area contributed by atoms with Crippen LogP contribution in [0.25, 0.3) is 0 Å². The predicted molar refractivity (Wildman–Crippen MR) is 302 cm³/mol. The van der Waals surface area contributed by atoms with Crippen molar-refractivity contribution in [3.05, 3.63) is 0 Å². The van der Waals surface area contributed by atoms with Crippen LogP contribution in [0.3, 0.4) is 0 Å². The van der Waals surface area contributed by atoms with E-state index < -0.39 is 69.2 Å². The molecule has 0 aliphatic rings. The SMILES string of the molecule is CCCC(C(=O)[O-])C(=O)C(CCC)(CCC)CCC.CCCC(C(=O)[O-])C(=O)C(CCC)(CCC)CCC.CCCC(C(=O)[O-])C(=O)C(CCC)(CCC)CCC.CCCC(C(=O)[O-])C(=O)C(CCC)(CCC)CCC.[Ti+4]. The number of ketones is 4. The average Bonchev–Trinajstić information content (AvgIpc) is 3.36. The number of rotatable bonds is 44. The molecule has 0 fully saturated rings. The van der Waals surface area contributed by atoms with Crippen molar-refractivity contribution in [2.75, 3.05) is 0 Å². The predicted octanol–water partition coefficient (Wildman–Crippen LogP) is 12.4. The van der Waals surface area contributed by atoms with Gasteiger partial charge in [-0.05, 0) is 103 Å². The Kier molecular flexibility index (Phi) is 51.8. The summed E-state index contributed by atoms with van der Waals surface area (Å²) in [7, 11) is 0. The second kappa shape index (κ2) is 48.0. The maximum Gasteiger partial charge on any atom is 4.00 e. The Morgan fingerprint density at radius 2 is 0.338 bits per heavy atom. The molecule has 12 nitrogen and oxygen atoms in total. The number of carbonyl (C=O) groups excluding carboxylic acids is 8. The van der Waals surface area contributed by atoms with Crippen molar-refractivity contribution in [2.24, 2.45) is 45.3 Å². The van der Waals surface area contributed by atoms with Crippen molar-refractivity contribution in [3.63, 3.8) is 0 Å². The summed E-state index contributed by atoms with van der Waals surface area (Å²) in [6.45, 7) is 32.3. The Labute approximate surface area is 486 Å². The number of hydrogen-bond acceptors (Lipinski definition) is 12. The third kappa shape index (κ3) is 29.0. The van der Waals surface area contributed by atoms with Crippen LogP contribution in [0.4, 0.5) is 0 Å². The zero-order valence-electron chi connectivity index (χ0n) is 52.3. The first-order valence-corrected chi connectivity index (χ1v) is 30.9. The first kappa shape index (κ1) is 83.1. The van der Waals surface area contributed by atoms with Gasteiger partial charge in [-0.1, -0.05) is 214 Å². The molecular formula is C64H116O12Ti. The fourth-order valence-electron chi connectivity index (χ4n) is 12.8. The van der Waals surface area contributed by atoms with Gasteiger partial charge in [0.05, 0.1) is 47.5 Å². The molecule has 0 aliphatic heterocycles. The maximum absolute atomic E-state index is 12.7. The van der Waals surface area contributed by atoms with Gasteiger partial charge in [-0.25, -0.2) is 0 Å². The van der Waals surface area contributed by atoms with Crippen LogP contribution in [0.5, 0.6) is 0 Å². The second-order valence-electron chi connectivity index (χ2n) is 22.2. The fourth-order valence-corrected chi connectivity index (χ4v) is 12.8. The van der Waals surface area contributed by atoms with Crippen molar-refractivity contribution in [2.45, 2.75) is 316 Å². The van der Waals surface area contributed by atoms with Gasteiger partial charge in [-0.3, -0.25) is 19.2 Å². The molecule has 4 unspecified atom stereocenters. The topological polar surface area (TPSA) is 229 Å². The third-order valence-electron chi connectivity index (χ3n) is 15.5. The van der Waals surface area contributed by atoms with E-state index in [-0.39, 0.29) is 44.9 Å². The van der Waals surface area contributed by atoms with Crippen molar-refractivity contribution in [3.8, 4) is 0 Å². The first-order valence-electron chi connectivity index (χ1n) is 30.9. The van der Waals surface area contributed by atoms with E-state index in [4.69, 9.17) is 0 Å². The summed E-state index contributed by atoms with van der Waals surface area (Å²) in [5.74, 6) is -8.80. The van der Waals surface area contributed by atoms with E-state index in [1.54, 1.807) is 0 Å². The molecule has 0 N–H and O–H groups in total. The monoisotopic (exact) mass is 1120 g/mol. The zero-order chi connectivity index (χ0) is 59.6. The molecule has 77 heavy (non-hydrogen) atoms. The summed E-state index contributed by atoms with van der Waals surface area (Å²) in [6, 6.07) is 0. The van der Waals surface area contributed by atoms with E-state index in [2.05, 4.69) is 83.1 Å². The van der Waals surface area contributed by atoms with Gasteiger partial charge in [0.1, 0.15) is 23.1 Å². The molecule has 0 amide bonds. The maximum atomic E-state index is 12.7. The molecule has 4 atom stereocenters. The Morgan fingerprint density at radius 3 is 0.403 bits per heavy atom. The van der Waals surface area contributed by atoms with E-state index in [0.29, 0.717) is 51.4 Å². The van der Waals surface area contributed by atoms with Crippen LogP contribution in [0, 0.1) is 45.3 Å². The largest absolute Gasteiger partial charge is 4.00 e. The molecule has 0 heterocycles. The van der Waals surface area contributed by atoms with Crippen LogP contribution in [-0.4, -0.2) is 47.0 Å². The molecule has 448 valence electrons. The number of aliphatic carboxylic acids is 4. The minimum Gasteiger partial charge on any atom is -0.549 e. The molecule has 0 aliphatic carbocycles. The van der Waals surface area contributed by atoms with Gasteiger partial charge >= 0.3 is 21.7 Å². The van der Waals surface area contributed by atoms with E-state index >= 15 is 0 Å². The van der Waals surface area contributed by atoms with Crippen LogP contribution in [0.1, 0.15) is 316 Å². The Balaban J connectivity index is -0.000000298. The molecule has 0 saturated carbocycles. The zero-order valence-corrected chi connectivity index (χ0v) is 53.9. The summed E-state index contributed by atoms with van der Waals surface area (Å²) in [4.78, 5) is 96.0. The molecule has 0 aromatic heterocycles. The van der Waals surface area contributed by atoms with Crippen LogP contribution in [-0.2, 0) is 60.1 Å². The normalized spacial score (nSPS) is 13.1. The molecule has 0 spiro atoms. The van der Waals surface area contributed by atoms with Crippen LogP contribution in [0.15, 0.2) is 0 Å². The van der Waals surface area contributed by atoms with Gasteiger partial charge < -0.3 is 39.6 Å². The summed E-state index contributed by atoms with van der Waals surface area (Å²) in [5, 5.41) is 45.0. The molecule has 0 aromatic rings. The Hall–Kier alpha value is -2.73. The van der Waals surface area contributed by atoms with E-state index in [0.717, 1.165) is 154 Å². The third-order valence-corrected chi connectivity index (χ3v) is 15.5. The van der Waals surface area contributed by atoms with Crippen molar-refractivity contribution in [1.82, 2.24) is 0 Å². The summed E-state index contributed by atoms with van der Waals surface area (Å²) < 4.78 is 0. The van der Waals surface area contributed by atoms with E-state index in [1.807, 2.05) is 27.7 Å². The molecule has 0 aromatic carbocycles. The number of hydrogen-bond donors (Lipinski definition) is 0. The van der Waals surface area contributed by atoms with Crippen LogP contribution < -0.4 is 20.4 Å². The summed E-state index contributed by atoms with van der Waals surface area (Å²) in [6.07, 6.45) is 24.9. The first-order chi connectivity index (χ1) is 35.9. The smallest absolute Gasteiger partial charge is 0.549 e. The van der Waals surface area contributed by atoms with Crippen molar-refractivity contribution < 1.29 is 80.5 Å². The quantitative estimate of drug-likeness (QED) is 0.0410. The molecule has 0 bridgehead atoms. The number of carbonyl (C=O) groups is 8. The number of Topliss-reactive ketones (excluding diaryl/α,β-unsaturated/α-hetero) is 4. The molecule has 0 saturated heterocycles. The van der Waals surface area contributed by atoms with E-state index in [9.17, 15) is 58.8 Å². The van der Waals surface area contributed by atoms with Gasteiger partial charge in [-0.2, -0.15) is 0 Å². The van der Waals surface area contributed by atoms with Crippen molar-refractivity contribution >= 4 is 47.0 Å². The van der Waals surface area contributed by atoms with Gasteiger partial charge in [0, 0.05) is 21.7 Å². The average molecular weight is 1130 g/mol. The van der Waals surface area contributed by atoms with E-state index in [1.165, 1.54) is 0 Å². The number of carboxylic acids is 4. The van der Waals surface area contributed by atoms with Gasteiger partial charge in [0.15, 0.2) is 0 Å². The van der Waals surface area contributed by atoms with Gasteiger partial charge in [0.2, 0.25) is 0 Å². The fraction of sp³-hybridized carbons (Fsp3) is 0.875. The van der Waals surface area contributed by atoms with Crippen LogP contribution in [0.2, 0.25) is 0 Å². The molecule has 13 heteroatoms. The Morgan fingerprint density at radius 1 is 0.234 bits per heavy atom. The Bertz CT molecular complexity index is 1310. The summed E-state index contributed by atoms with van der Waals surface area (Å²) in [5.41, 5.74) is -1.79. The second-order valence-corrected chi connectivity index (χ2v) is 22.2. The standard InChI is InChI=1S/4C16H30O3.Ti/c4*1-5-9-13(15(18)19)14(17)16(10-6-2,11-7-3)12-8-4;/h4*13H,5-12H2,1-4H3,(H,18,19);/q;;;;+4/p-4. The molecule has 0 radical (unpaired) electrons.